The Morgan fingerprint density at radius 2 is 1.14 bits per heavy atom. The number of amides is 3. The van der Waals surface area contributed by atoms with Gasteiger partial charge in [0.1, 0.15) is 17.8 Å². The first-order valence-electron chi connectivity index (χ1n) is 20.7. The summed E-state index contributed by atoms with van der Waals surface area (Å²) in [5, 5.41) is 2.89. The van der Waals surface area contributed by atoms with Gasteiger partial charge in [-0.05, 0) is 72.0 Å². The maximum Gasteiger partial charge on any atom is 0.410 e. The normalized spacial score (nSPS) is 20.2. The van der Waals surface area contributed by atoms with E-state index in [2.05, 4.69) is 44.6 Å². The highest BCUT2D eigenvalue weighted by Gasteiger charge is 2.37. The van der Waals surface area contributed by atoms with E-state index < -0.39 is 39.5 Å². The van der Waals surface area contributed by atoms with Crippen LogP contribution in [0.5, 0.6) is 0 Å². The van der Waals surface area contributed by atoms with Gasteiger partial charge in [-0.15, -0.1) is 0 Å². The monoisotopic (exact) mass is 850 g/mol. The van der Waals surface area contributed by atoms with Crippen molar-refractivity contribution >= 4 is 46.4 Å². The van der Waals surface area contributed by atoms with E-state index in [1.54, 1.807) is 9.80 Å². The van der Waals surface area contributed by atoms with Gasteiger partial charge >= 0.3 is 30.2 Å². The zero-order valence-corrected chi connectivity index (χ0v) is 39.4. The van der Waals surface area contributed by atoms with E-state index in [1.807, 2.05) is 71.9 Å². The molecule has 2 saturated heterocycles. The van der Waals surface area contributed by atoms with E-state index in [4.69, 9.17) is 29.4 Å². The Balaban J connectivity index is 0.000000426. The number of carbonyl (C=O) groups is 5. The molecule has 58 heavy (non-hydrogen) atoms. The van der Waals surface area contributed by atoms with E-state index in [1.165, 1.54) is 0 Å². The highest BCUT2D eigenvalue weighted by Crippen LogP contribution is 2.25. The molecule has 2 fully saturated rings. The fraction of sp³-hybridized carbons (Fsp3) is 0.738. The van der Waals surface area contributed by atoms with Crippen molar-refractivity contribution in [2.75, 3.05) is 39.4 Å². The molecule has 0 radical (unpaired) electrons. The van der Waals surface area contributed by atoms with Gasteiger partial charge in [-0.1, -0.05) is 69.6 Å². The number of alkyl carbamates (subject to hydrolysis) is 1. The molecule has 0 aliphatic carbocycles. The second kappa shape index (κ2) is 22.7. The smallest absolute Gasteiger partial charge is 0.410 e. The van der Waals surface area contributed by atoms with E-state index >= 15 is 0 Å². The number of hydrogen-bond acceptors (Lipinski definition) is 11. The Bertz CT molecular complexity index is 1470. The first-order chi connectivity index (χ1) is 26.7. The third-order valence-corrected chi connectivity index (χ3v) is 12.8. The fourth-order valence-electron chi connectivity index (χ4n) is 6.08. The molecule has 4 atom stereocenters. The average Bonchev–Trinajstić information content (AvgIpc) is 3.07. The number of esters is 2. The second-order valence-electron chi connectivity index (χ2n) is 19.9. The Morgan fingerprint density at radius 1 is 0.690 bits per heavy atom. The van der Waals surface area contributed by atoms with Crippen LogP contribution in [-0.2, 0) is 39.9 Å². The summed E-state index contributed by atoms with van der Waals surface area (Å²) >= 11 is 0. The largest absolute Gasteiger partial charge is 0.466 e. The van der Waals surface area contributed by atoms with Gasteiger partial charge in [0.25, 0.3) is 0 Å². The van der Waals surface area contributed by atoms with Crippen LogP contribution >= 0.6 is 0 Å². The lowest BCUT2D eigenvalue weighted by atomic mass is 9.89. The van der Waals surface area contributed by atoms with E-state index in [-0.39, 0.29) is 61.4 Å². The van der Waals surface area contributed by atoms with Crippen LogP contribution in [0.2, 0.25) is 51.4 Å². The molecule has 2 aliphatic rings. The quantitative estimate of drug-likeness (QED) is 0.113. The summed E-state index contributed by atoms with van der Waals surface area (Å²) in [5.41, 5.74) is 5.89. The van der Waals surface area contributed by atoms with Gasteiger partial charge in [0, 0.05) is 66.2 Å². The zero-order chi connectivity index (χ0) is 43.9. The highest BCUT2D eigenvalue weighted by molar-refractivity contribution is 6.76. The Labute approximate surface area is 349 Å². The van der Waals surface area contributed by atoms with Gasteiger partial charge < -0.3 is 44.5 Å². The molecule has 0 aromatic heterocycles. The molecule has 2 heterocycles. The molecule has 0 unspecified atom stereocenters. The molecule has 3 N–H and O–H groups in total. The van der Waals surface area contributed by atoms with Crippen molar-refractivity contribution in [1.29, 1.82) is 0 Å². The first kappa shape index (κ1) is 50.5. The summed E-state index contributed by atoms with van der Waals surface area (Å²) in [6.07, 6.45) is 0.220. The Morgan fingerprint density at radius 3 is 1.60 bits per heavy atom. The van der Waals surface area contributed by atoms with Crippen LogP contribution in [0.1, 0.15) is 72.8 Å². The Hall–Kier alpha value is -3.64. The van der Waals surface area contributed by atoms with E-state index in [0.717, 1.165) is 17.7 Å². The number of rotatable bonds is 13. The van der Waals surface area contributed by atoms with Gasteiger partial charge in [0.15, 0.2) is 0 Å². The summed E-state index contributed by atoms with van der Waals surface area (Å²) in [7, 11) is -2.53. The minimum Gasteiger partial charge on any atom is -0.466 e. The van der Waals surface area contributed by atoms with Crippen molar-refractivity contribution in [3.63, 3.8) is 0 Å². The molecule has 330 valence electrons. The zero-order valence-electron chi connectivity index (χ0n) is 37.4. The minimum atomic E-state index is -1.32. The van der Waals surface area contributed by atoms with Crippen molar-refractivity contribution in [3.05, 3.63) is 35.9 Å². The Kier molecular flexibility index (Phi) is 19.7. The van der Waals surface area contributed by atoms with Gasteiger partial charge in [-0.3, -0.25) is 9.59 Å². The van der Waals surface area contributed by atoms with Gasteiger partial charge in [-0.2, -0.15) is 0 Å². The molecule has 16 heteroatoms. The fourth-order valence-corrected chi connectivity index (χ4v) is 7.51. The number of nitrogens with one attached hydrogen (secondary N) is 1. The molecule has 1 aromatic carbocycles. The lowest BCUT2D eigenvalue weighted by Gasteiger charge is -2.38. The van der Waals surface area contributed by atoms with Gasteiger partial charge in [0.2, 0.25) is 0 Å². The molecule has 3 rings (SSSR count). The van der Waals surface area contributed by atoms with Crippen LogP contribution in [0.3, 0.4) is 0 Å². The average molecular weight is 851 g/mol. The van der Waals surface area contributed by atoms with Crippen molar-refractivity contribution in [3.8, 4) is 0 Å². The second-order valence-corrected chi connectivity index (χ2v) is 31.1. The highest BCUT2D eigenvalue weighted by atomic mass is 28.3. The first-order valence-corrected chi connectivity index (χ1v) is 28.1. The number of piperidine rings is 2. The standard InChI is InChI=1S/C25H40N2O6Si.C17H34N2O4Si/c1-25(2,3)33-24(30)27-13-12-21(26-23(29)32-18-19-10-8-7-9-11-19)20(17-27)16-22(28)31-14-15-34(4,5)6;1-17(2,3)23-16(21)19-8-7-14(18)13(12-19)11-15(20)22-9-10-24(4,5)6/h7-11,20-21H,12-18H2,1-6H3,(H,26,29);13-14H,7-12,18H2,1-6H3/t20-,21+;13-,14+/m00/s1. The molecule has 3 amide bonds. The minimum absolute atomic E-state index is 0.0781. The summed E-state index contributed by atoms with van der Waals surface area (Å²) < 4.78 is 27.1. The molecular weight excluding hydrogens is 777 g/mol. The topological polar surface area (TPSA) is 176 Å². The summed E-state index contributed by atoms with van der Waals surface area (Å²) in [5.74, 6) is -0.922. The van der Waals surface area contributed by atoms with Crippen LogP contribution in [0.15, 0.2) is 30.3 Å². The molecule has 0 bridgehead atoms. The van der Waals surface area contributed by atoms with Crippen LogP contribution in [0, 0.1) is 11.8 Å². The number of likely N-dealkylation sites (tertiary alicyclic amines) is 2. The van der Waals surface area contributed by atoms with Crippen LogP contribution in [0.4, 0.5) is 14.4 Å². The third-order valence-electron chi connectivity index (χ3n) is 9.43. The van der Waals surface area contributed by atoms with Crippen molar-refractivity contribution in [1.82, 2.24) is 15.1 Å². The lowest BCUT2D eigenvalue weighted by molar-refractivity contribution is -0.145. The summed E-state index contributed by atoms with van der Waals surface area (Å²) in [6, 6.07) is 10.9. The maximum absolute atomic E-state index is 12.6. The van der Waals surface area contributed by atoms with Crippen molar-refractivity contribution in [2.45, 2.75) is 148 Å². The third kappa shape index (κ3) is 21.9. The van der Waals surface area contributed by atoms with E-state index in [9.17, 15) is 24.0 Å². The predicted octanol–water partition coefficient (Wildman–Crippen LogP) is 7.65. The number of carbonyl (C=O) groups excluding carboxylic acids is 5. The predicted molar refractivity (Wildman–Crippen MR) is 231 cm³/mol. The van der Waals surface area contributed by atoms with Gasteiger partial charge in [-0.25, -0.2) is 14.4 Å². The van der Waals surface area contributed by atoms with Crippen LogP contribution in [0.25, 0.3) is 0 Å². The number of nitrogens with zero attached hydrogens (tertiary/aromatic N) is 2. The van der Waals surface area contributed by atoms with E-state index in [0.29, 0.717) is 52.2 Å². The van der Waals surface area contributed by atoms with Crippen molar-refractivity contribution in [2.24, 2.45) is 17.6 Å². The van der Waals surface area contributed by atoms with Crippen LogP contribution < -0.4 is 11.1 Å². The molecule has 14 nitrogen and oxygen atoms in total. The maximum atomic E-state index is 12.6. The SMILES string of the molecule is CC(C)(C)OC(=O)N1CC[C@@H](N)[C@@H](CC(=O)OCC[Si](C)(C)C)C1.CC(C)(C)OC(=O)N1CC[C@@H](NC(=O)OCc2ccccc2)[C@@H](CC(=O)OCC[Si](C)(C)C)C1. The van der Waals surface area contributed by atoms with Crippen molar-refractivity contribution < 1.29 is 47.7 Å². The lowest BCUT2D eigenvalue weighted by Crippen LogP contribution is -2.53. The molecule has 2 aliphatic heterocycles. The number of ether oxygens (including phenoxy) is 5. The molecule has 0 spiro atoms. The molecular formula is C42H74N4O10Si2. The number of nitrogens with two attached hydrogens (primary N) is 1. The van der Waals surface area contributed by atoms with Gasteiger partial charge in [0.05, 0.1) is 26.1 Å². The molecule has 0 saturated carbocycles. The summed E-state index contributed by atoms with van der Waals surface area (Å²) in [4.78, 5) is 65.1. The van der Waals surface area contributed by atoms with Crippen LogP contribution in [-0.4, -0.2) is 119 Å². The molecule has 1 aromatic rings. The summed E-state index contributed by atoms with van der Waals surface area (Å²) in [6.45, 7) is 27.1. The number of benzene rings is 1. The number of hydrogen-bond donors (Lipinski definition) is 2.